The van der Waals surface area contributed by atoms with E-state index < -0.39 is 23.4 Å². The first-order valence-corrected chi connectivity index (χ1v) is 10.9. The van der Waals surface area contributed by atoms with Crippen LogP contribution in [-0.4, -0.2) is 29.3 Å². The second kappa shape index (κ2) is 8.53. The number of hydrogen-bond donors (Lipinski definition) is 2. The van der Waals surface area contributed by atoms with Crippen molar-refractivity contribution in [3.8, 4) is 0 Å². The Bertz CT molecular complexity index is 1120. The molecule has 1 aliphatic heterocycles. The smallest absolute Gasteiger partial charge is 0.325 e. The minimum Gasteiger partial charge on any atom is -0.343 e. The lowest BCUT2D eigenvalue weighted by atomic mass is 9.92. The zero-order chi connectivity index (χ0) is 22.0. The van der Waals surface area contributed by atoms with E-state index in [9.17, 15) is 14.4 Å². The lowest BCUT2D eigenvalue weighted by molar-refractivity contribution is -0.135. The Kier molecular flexibility index (Phi) is 5.80. The van der Waals surface area contributed by atoms with E-state index in [1.807, 2.05) is 47.8 Å². The first kappa shape index (κ1) is 21.1. The van der Waals surface area contributed by atoms with Crippen molar-refractivity contribution < 1.29 is 14.4 Å². The molecular formula is C23H20ClN3O3S. The molecule has 1 aromatic heterocycles. The summed E-state index contributed by atoms with van der Waals surface area (Å²) in [5.74, 6) is -0.956. The maximum Gasteiger partial charge on any atom is 0.325 e. The highest BCUT2D eigenvalue weighted by Gasteiger charge is 2.50. The van der Waals surface area contributed by atoms with Gasteiger partial charge in [-0.1, -0.05) is 66.2 Å². The molecule has 0 saturated carbocycles. The van der Waals surface area contributed by atoms with Gasteiger partial charge in [-0.25, -0.2) is 4.79 Å². The van der Waals surface area contributed by atoms with Gasteiger partial charge in [0.05, 0.1) is 6.04 Å². The Morgan fingerprint density at radius 1 is 1.10 bits per heavy atom. The Morgan fingerprint density at radius 3 is 2.48 bits per heavy atom. The summed E-state index contributed by atoms with van der Waals surface area (Å²) in [5, 5.41) is 7.94. The molecule has 31 heavy (non-hydrogen) atoms. The fraction of sp³-hybridized carbons (Fsp3) is 0.174. The molecular weight excluding hydrogens is 434 g/mol. The molecule has 2 heterocycles. The van der Waals surface area contributed by atoms with Crippen LogP contribution >= 0.6 is 22.9 Å². The van der Waals surface area contributed by atoms with Crippen molar-refractivity contribution in [3.05, 3.63) is 93.1 Å². The Hall–Kier alpha value is -3.16. The summed E-state index contributed by atoms with van der Waals surface area (Å²) in [5.41, 5.74) is 0.0672. The van der Waals surface area contributed by atoms with E-state index in [1.165, 1.54) is 11.3 Å². The molecule has 2 N–H and O–H groups in total. The number of halogens is 1. The molecule has 1 saturated heterocycles. The molecule has 4 rings (SSSR count). The van der Waals surface area contributed by atoms with Crippen molar-refractivity contribution in [1.82, 2.24) is 15.5 Å². The van der Waals surface area contributed by atoms with Crippen LogP contribution in [0.4, 0.5) is 4.79 Å². The van der Waals surface area contributed by atoms with Crippen LogP contribution in [-0.2, 0) is 15.1 Å². The number of rotatable bonds is 6. The third-order valence-electron chi connectivity index (χ3n) is 5.26. The fourth-order valence-corrected chi connectivity index (χ4v) is 4.79. The van der Waals surface area contributed by atoms with Crippen LogP contribution in [0.2, 0.25) is 5.02 Å². The van der Waals surface area contributed by atoms with Crippen molar-refractivity contribution in [2.24, 2.45) is 0 Å². The van der Waals surface area contributed by atoms with Gasteiger partial charge in [-0.3, -0.25) is 14.5 Å². The third-order valence-corrected chi connectivity index (χ3v) is 6.52. The lowest BCUT2D eigenvalue weighted by Gasteiger charge is -2.23. The first-order chi connectivity index (χ1) is 14.9. The van der Waals surface area contributed by atoms with Gasteiger partial charge in [0.1, 0.15) is 12.1 Å². The standard InChI is InChI=1S/C23H20ClN3O3S/c1-23(16-10-5-6-11-17(16)24)21(29)27(22(30)26-23)14-19(28)25-20(18-12-7-13-31-18)15-8-3-2-4-9-15/h2-13,20H,14H2,1H3,(H,25,28)(H,26,30)/t20-,23-/m0/s1. The molecule has 0 radical (unpaired) electrons. The van der Waals surface area contributed by atoms with E-state index >= 15 is 0 Å². The zero-order valence-corrected chi connectivity index (χ0v) is 18.2. The molecule has 6 nitrogen and oxygen atoms in total. The number of hydrogen-bond acceptors (Lipinski definition) is 4. The summed E-state index contributed by atoms with van der Waals surface area (Å²) >= 11 is 7.78. The Morgan fingerprint density at radius 2 is 1.81 bits per heavy atom. The van der Waals surface area contributed by atoms with Crippen LogP contribution in [0.5, 0.6) is 0 Å². The van der Waals surface area contributed by atoms with E-state index in [0.29, 0.717) is 10.6 Å². The van der Waals surface area contributed by atoms with Crippen molar-refractivity contribution in [2.45, 2.75) is 18.5 Å². The van der Waals surface area contributed by atoms with Crippen molar-refractivity contribution in [2.75, 3.05) is 6.54 Å². The van der Waals surface area contributed by atoms with E-state index in [0.717, 1.165) is 15.3 Å². The molecule has 4 amide bonds. The van der Waals surface area contributed by atoms with Gasteiger partial charge < -0.3 is 10.6 Å². The highest BCUT2D eigenvalue weighted by molar-refractivity contribution is 7.10. The molecule has 0 aliphatic carbocycles. The third kappa shape index (κ3) is 4.06. The molecule has 2 atom stereocenters. The fourth-order valence-electron chi connectivity index (χ4n) is 3.66. The predicted octanol–water partition coefficient (Wildman–Crippen LogP) is 4.07. The maximum atomic E-state index is 13.1. The Balaban J connectivity index is 1.53. The average Bonchev–Trinajstić information content (AvgIpc) is 3.37. The molecule has 8 heteroatoms. The molecule has 2 aromatic carbocycles. The maximum absolute atomic E-state index is 13.1. The summed E-state index contributed by atoms with van der Waals surface area (Å²) in [6.45, 7) is 1.20. The number of imide groups is 1. The summed E-state index contributed by atoms with van der Waals surface area (Å²) in [4.78, 5) is 40.5. The van der Waals surface area contributed by atoms with Crippen LogP contribution in [0.3, 0.4) is 0 Å². The number of urea groups is 1. The molecule has 0 spiro atoms. The summed E-state index contributed by atoms with van der Waals surface area (Å²) in [6, 6.07) is 19.2. The van der Waals surface area contributed by atoms with Gasteiger partial charge in [0.25, 0.3) is 5.91 Å². The second-order valence-electron chi connectivity index (χ2n) is 7.35. The van der Waals surface area contributed by atoms with Crippen molar-refractivity contribution in [1.29, 1.82) is 0 Å². The molecule has 0 bridgehead atoms. The SMILES string of the molecule is C[C@@]1(c2ccccc2Cl)NC(=O)N(CC(=O)N[C@@H](c2ccccc2)c2cccs2)C1=O. The van der Waals surface area contributed by atoms with Crippen LogP contribution in [0.1, 0.15) is 29.0 Å². The summed E-state index contributed by atoms with van der Waals surface area (Å²) in [7, 11) is 0. The number of amides is 4. The number of nitrogens with one attached hydrogen (secondary N) is 2. The molecule has 1 fully saturated rings. The molecule has 158 valence electrons. The van der Waals surface area contributed by atoms with Crippen LogP contribution in [0, 0.1) is 0 Å². The van der Waals surface area contributed by atoms with Gasteiger partial charge in [0, 0.05) is 15.5 Å². The van der Waals surface area contributed by atoms with E-state index in [-0.39, 0.29) is 12.6 Å². The minimum absolute atomic E-state index is 0.367. The largest absolute Gasteiger partial charge is 0.343 e. The van der Waals surface area contributed by atoms with Gasteiger partial charge >= 0.3 is 6.03 Å². The monoisotopic (exact) mass is 453 g/mol. The predicted molar refractivity (Wildman–Crippen MR) is 120 cm³/mol. The van der Waals surface area contributed by atoms with Crippen molar-refractivity contribution in [3.63, 3.8) is 0 Å². The first-order valence-electron chi connectivity index (χ1n) is 9.67. The van der Waals surface area contributed by atoms with Crippen molar-refractivity contribution >= 4 is 40.8 Å². The Labute approximate surface area is 188 Å². The lowest BCUT2D eigenvalue weighted by Crippen LogP contribution is -2.44. The molecule has 0 unspecified atom stereocenters. The number of nitrogens with zero attached hydrogens (tertiary/aromatic N) is 1. The normalized spacial score (nSPS) is 19.2. The second-order valence-corrected chi connectivity index (χ2v) is 8.74. The number of carbonyl (C=O) groups is 3. The zero-order valence-electron chi connectivity index (χ0n) is 16.7. The van der Waals surface area contributed by atoms with Crippen LogP contribution in [0.15, 0.2) is 72.1 Å². The number of benzene rings is 2. The molecule has 3 aromatic rings. The summed E-state index contributed by atoms with van der Waals surface area (Å²) < 4.78 is 0. The average molecular weight is 454 g/mol. The van der Waals surface area contributed by atoms with Gasteiger partial charge in [-0.05, 0) is 30.0 Å². The highest BCUT2D eigenvalue weighted by atomic mass is 35.5. The highest BCUT2D eigenvalue weighted by Crippen LogP contribution is 2.33. The van der Waals surface area contributed by atoms with Gasteiger partial charge in [-0.15, -0.1) is 11.3 Å². The molecule has 1 aliphatic rings. The van der Waals surface area contributed by atoms with Crippen LogP contribution in [0.25, 0.3) is 0 Å². The van der Waals surface area contributed by atoms with E-state index in [4.69, 9.17) is 11.6 Å². The van der Waals surface area contributed by atoms with Crippen LogP contribution < -0.4 is 10.6 Å². The quantitative estimate of drug-likeness (QED) is 0.552. The minimum atomic E-state index is -1.33. The topological polar surface area (TPSA) is 78.5 Å². The van der Waals surface area contributed by atoms with E-state index in [2.05, 4.69) is 10.6 Å². The van der Waals surface area contributed by atoms with Gasteiger partial charge in [0.2, 0.25) is 5.91 Å². The van der Waals surface area contributed by atoms with Gasteiger partial charge in [0.15, 0.2) is 0 Å². The number of carbonyl (C=O) groups excluding carboxylic acids is 3. The van der Waals surface area contributed by atoms with E-state index in [1.54, 1.807) is 31.2 Å². The summed E-state index contributed by atoms with van der Waals surface area (Å²) in [6.07, 6.45) is 0. The number of thiophene rings is 1. The van der Waals surface area contributed by atoms with Gasteiger partial charge in [-0.2, -0.15) is 0 Å².